The van der Waals surface area contributed by atoms with Gasteiger partial charge in [0.05, 0.1) is 12.7 Å². The molecule has 0 fully saturated rings. The number of carboxylic acids is 1. The summed E-state index contributed by atoms with van der Waals surface area (Å²) in [4.78, 5) is 76.3. The lowest BCUT2D eigenvalue weighted by Gasteiger charge is -2.26. The highest BCUT2D eigenvalue weighted by atomic mass is 35.5. The van der Waals surface area contributed by atoms with Crippen molar-refractivity contribution in [2.75, 3.05) is 7.11 Å². The van der Waals surface area contributed by atoms with Gasteiger partial charge >= 0.3 is 12.1 Å². The number of hydrogen-bond donors (Lipinski definition) is 3. The Morgan fingerprint density at radius 2 is 1.65 bits per heavy atom. The van der Waals surface area contributed by atoms with Crippen LogP contribution >= 0.6 is 11.6 Å². The number of carbonyl (C=O) groups excluding carboxylic acids is 4. The van der Waals surface area contributed by atoms with Gasteiger partial charge in [0.2, 0.25) is 11.7 Å². The average molecular weight is 692 g/mol. The maximum atomic E-state index is 13.9. The number of nitrogens with zero attached hydrogens (tertiary/aromatic N) is 1. The van der Waals surface area contributed by atoms with Gasteiger partial charge < -0.3 is 25.0 Å². The second kappa shape index (κ2) is 16.2. The second-order valence-electron chi connectivity index (χ2n) is 11.2. The van der Waals surface area contributed by atoms with Crippen LogP contribution in [-0.2, 0) is 32.1 Å². The van der Waals surface area contributed by atoms with E-state index in [1.54, 1.807) is 18.2 Å². The summed E-state index contributed by atoms with van der Waals surface area (Å²) in [5.41, 5.74) is -0.189. The highest BCUT2D eigenvalue weighted by Gasteiger charge is 2.45. The Labute approximate surface area is 278 Å². The number of aliphatic carboxylic acids is 1. The third kappa shape index (κ3) is 10.3. The quantitative estimate of drug-likeness (QED) is 0.214. The molecule has 3 aromatic rings. The Morgan fingerprint density at radius 3 is 2.21 bits per heavy atom. The minimum atomic E-state index is -5.19. The molecule has 3 rings (SSSR count). The topological polar surface area (TPSA) is 161 Å². The number of halogens is 4. The van der Waals surface area contributed by atoms with Crippen LogP contribution in [0.3, 0.4) is 0 Å². The molecule has 1 aromatic heterocycles. The number of Topliss-reactive ketones (excluding diaryl/α,β-unsaturated/α-hetero) is 2. The van der Waals surface area contributed by atoms with E-state index in [1.165, 1.54) is 51.3 Å². The summed E-state index contributed by atoms with van der Waals surface area (Å²) in [6, 6.07) is 11.3. The summed E-state index contributed by atoms with van der Waals surface area (Å²) in [7, 11) is 1.40. The van der Waals surface area contributed by atoms with E-state index in [2.05, 4.69) is 10.6 Å². The maximum Gasteiger partial charge on any atom is 0.450 e. The standard InChI is InChI=1S/C33H33ClF3N3O8/c1-18(2)24(30(45)33(35,36)37)15-26(41)29(20-7-10-23(48-3)11-8-20)39-32(47)25(14-19-5-4-6-22(34)13-19)38-31(46)21-9-12-27(42)40(16-21)17-28(43)44/h4-13,16,18,24-25,29H,14-15,17H2,1-3H3,(H,38,46)(H,39,47)(H,43,44)/t24-,25-,29-/m0/s1. The molecule has 0 radical (unpaired) electrons. The van der Waals surface area contributed by atoms with Crippen molar-refractivity contribution < 1.29 is 47.0 Å². The summed E-state index contributed by atoms with van der Waals surface area (Å²) in [5, 5.41) is 14.5. The van der Waals surface area contributed by atoms with Crippen molar-refractivity contribution in [2.24, 2.45) is 11.8 Å². The molecule has 0 saturated carbocycles. The number of amides is 2. The van der Waals surface area contributed by atoms with Crippen LogP contribution in [-0.4, -0.2) is 58.4 Å². The molecule has 0 aliphatic carbocycles. The van der Waals surface area contributed by atoms with Gasteiger partial charge in [0, 0.05) is 36.0 Å². The third-order valence-electron chi connectivity index (χ3n) is 7.40. The van der Waals surface area contributed by atoms with E-state index in [4.69, 9.17) is 21.4 Å². The Kier molecular flexibility index (Phi) is 12.7. The van der Waals surface area contributed by atoms with Gasteiger partial charge in [-0.1, -0.05) is 49.7 Å². The number of ketones is 2. The van der Waals surface area contributed by atoms with Crippen molar-refractivity contribution >= 4 is 41.0 Å². The van der Waals surface area contributed by atoms with Crippen LogP contribution in [0.2, 0.25) is 5.02 Å². The van der Waals surface area contributed by atoms with Gasteiger partial charge in [-0.3, -0.25) is 28.8 Å². The monoisotopic (exact) mass is 691 g/mol. The molecule has 0 aliphatic rings. The van der Waals surface area contributed by atoms with Crippen LogP contribution in [0.5, 0.6) is 5.75 Å². The van der Waals surface area contributed by atoms with Gasteiger partial charge in [-0.25, -0.2) is 0 Å². The molecule has 15 heteroatoms. The lowest BCUT2D eigenvalue weighted by Crippen LogP contribution is -2.50. The predicted molar refractivity (Wildman–Crippen MR) is 168 cm³/mol. The molecule has 3 N–H and O–H groups in total. The van der Waals surface area contributed by atoms with Crippen molar-refractivity contribution in [1.29, 1.82) is 0 Å². The fourth-order valence-corrected chi connectivity index (χ4v) is 5.06. The Hall–Kier alpha value is -4.98. The number of carboxylic acid groups (broad SMARTS) is 1. The molecule has 0 aliphatic heterocycles. The molecule has 1 heterocycles. The van der Waals surface area contributed by atoms with Crippen molar-refractivity contribution in [3.63, 3.8) is 0 Å². The molecule has 0 saturated heterocycles. The average Bonchev–Trinajstić information content (AvgIpc) is 3.01. The molecule has 0 unspecified atom stereocenters. The number of ether oxygens (including phenoxy) is 1. The number of carbonyl (C=O) groups is 5. The minimum Gasteiger partial charge on any atom is -0.497 e. The fourth-order valence-electron chi connectivity index (χ4n) is 4.85. The SMILES string of the molecule is COc1ccc([C@H](NC(=O)[C@H](Cc2cccc(Cl)c2)NC(=O)c2ccc(=O)n(CC(=O)O)c2)C(=O)C[C@H](C(=O)C(F)(F)F)C(C)C)cc1. The summed E-state index contributed by atoms with van der Waals surface area (Å²) in [6.07, 6.45) is -5.19. The van der Waals surface area contributed by atoms with E-state index in [1.807, 2.05) is 0 Å². The highest BCUT2D eigenvalue weighted by Crippen LogP contribution is 2.30. The van der Waals surface area contributed by atoms with Gasteiger partial charge in [-0.2, -0.15) is 13.2 Å². The van der Waals surface area contributed by atoms with Gasteiger partial charge in [0.1, 0.15) is 24.4 Å². The molecule has 0 spiro atoms. The Balaban J connectivity index is 2.00. The van der Waals surface area contributed by atoms with E-state index in [9.17, 15) is 41.9 Å². The van der Waals surface area contributed by atoms with Crippen molar-refractivity contribution in [1.82, 2.24) is 15.2 Å². The Morgan fingerprint density at radius 1 is 0.979 bits per heavy atom. The number of alkyl halides is 3. The number of pyridine rings is 1. The zero-order valence-corrected chi connectivity index (χ0v) is 26.8. The first-order valence-corrected chi connectivity index (χ1v) is 14.9. The number of methoxy groups -OCH3 is 1. The molecular weight excluding hydrogens is 659 g/mol. The number of hydrogen-bond acceptors (Lipinski definition) is 7. The summed E-state index contributed by atoms with van der Waals surface area (Å²) >= 11 is 6.11. The van der Waals surface area contributed by atoms with Crippen LogP contribution in [0, 0.1) is 11.8 Å². The lowest BCUT2D eigenvalue weighted by molar-refractivity contribution is -0.177. The van der Waals surface area contributed by atoms with Gasteiger partial charge in [0.25, 0.3) is 11.5 Å². The maximum absolute atomic E-state index is 13.9. The van der Waals surface area contributed by atoms with E-state index in [0.29, 0.717) is 16.3 Å². The van der Waals surface area contributed by atoms with Gasteiger partial charge in [0.15, 0.2) is 5.78 Å². The first kappa shape index (κ1) is 37.5. The second-order valence-corrected chi connectivity index (χ2v) is 11.7. The van der Waals surface area contributed by atoms with Crippen molar-refractivity contribution in [3.05, 3.63) is 98.9 Å². The Bertz CT molecular complexity index is 1720. The number of nitrogens with one attached hydrogen (secondary N) is 2. The van der Waals surface area contributed by atoms with Crippen LogP contribution in [0.15, 0.2) is 71.7 Å². The molecule has 2 aromatic carbocycles. The van der Waals surface area contributed by atoms with Crippen LogP contribution < -0.4 is 20.9 Å². The lowest BCUT2D eigenvalue weighted by atomic mass is 9.84. The van der Waals surface area contributed by atoms with Gasteiger partial charge in [-0.05, 0) is 47.4 Å². The fraction of sp³-hybridized carbons (Fsp3) is 0.333. The molecule has 11 nitrogen and oxygen atoms in total. The summed E-state index contributed by atoms with van der Waals surface area (Å²) in [5.74, 6) is -8.29. The van der Waals surface area contributed by atoms with Crippen molar-refractivity contribution in [2.45, 2.75) is 51.5 Å². The molecule has 0 bridgehead atoms. The minimum absolute atomic E-state index is 0.159. The number of benzene rings is 2. The van der Waals surface area contributed by atoms with E-state index in [0.717, 1.165) is 22.9 Å². The van der Waals surface area contributed by atoms with Crippen molar-refractivity contribution in [3.8, 4) is 5.75 Å². The summed E-state index contributed by atoms with van der Waals surface area (Å²) < 4.78 is 46.1. The van der Waals surface area contributed by atoms with E-state index < -0.39 is 78.0 Å². The largest absolute Gasteiger partial charge is 0.497 e. The van der Waals surface area contributed by atoms with E-state index >= 15 is 0 Å². The van der Waals surface area contributed by atoms with Gasteiger partial charge in [-0.15, -0.1) is 0 Å². The first-order valence-electron chi connectivity index (χ1n) is 14.6. The third-order valence-corrected chi connectivity index (χ3v) is 7.64. The highest BCUT2D eigenvalue weighted by molar-refractivity contribution is 6.30. The molecule has 2 amide bonds. The number of aromatic nitrogens is 1. The normalized spacial score (nSPS) is 13.2. The molecular formula is C33H33ClF3N3O8. The predicted octanol–water partition coefficient (Wildman–Crippen LogP) is 4.16. The molecule has 3 atom stereocenters. The zero-order chi connectivity index (χ0) is 35.8. The zero-order valence-electron chi connectivity index (χ0n) is 26.0. The molecule has 48 heavy (non-hydrogen) atoms. The number of rotatable bonds is 15. The first-order chi connectivity index (χ1) is 22.5. The van der Waals surface area contributed by atoms with Crippen LogP contribution in [0.1, 0.15) is 47.8 Å². The molecule has 256 valence electrons. The smallest absolute Gasteiger partial charge is 0.450 e. The van der Waals surface area contributed by atoms with E-state index in [-0.39, 0.29) is 17.5 Å². The van der Waals surface area contributed by atoms with Crippen LogP contribution in [0.4, 0.5) is 13.2 Å². The van der Waals surface area contributed by atoms with Crippen LogP contribution in [0.25, 0.3) is 0 Å². The summed E-state index contributed by atoms with van der Waals surface area (Å²) in [6.45, 7) is 2.02.